The highest BCUT2D eigenvalue weighted by Gasteiger charge is 2.32. The monoisotopic (exact) mass is 415 g/mol. The van der Waals surface area contributed by atoms with Crippen LogP contribution < -0.4 is 9.47 Å². The number of aromatic nitrogens is 4. The van der Waals surface area contributed by atoms with Crippen LogP contribution in [0.15, 0.2) is 35.2 Å². The number of aryl methyl sites for hydroxylation is 1. The number of ether oxygens (including phenoxy) is 2. The van der Waals surface area contributed by atoms with E-state index in [0.717, 1.165) is 11.5 Å². The topological polar surface area (TPSA) is 98.9 Å². The van der Waals surface area contributed by atoms with E-state index in [2.05, 4.69) is 15.3 Å². The molecule has 0 unspecified atom stereocenters. The fourth-order valence-corrected chi connectivity index (χ4v) is 5.32. The summed E-state index contributed by atoms with van der Waals surface area (Å²) < 4.78 is 40.5. The van der Waals surface area contributed by atoms with Crippen molar-refractivity contribution in [1.82, 2.24) is 24.1 Å². The van der Waals surface area contributed by atoms with Crippen LogP contribution in [0.2, 0.25) is 0 Å². The molecule has 2 aliphatic heterocycles. The van der Waals surface area contributed by atoms with E-state index in [4.69, 9.17) is 9.47 Å². The molecule has 9 nitrogen and oxygen atoms in total. The zero-order valence-corrected chi connectivity index (χ0v) is 16.8. The Morgan fingerprint density at radius 3 is 2.55 bits per heavy atom. The third-order valence-corrected chi connectivity index (χ3v) is 7.29. The van der Waals surface area contributed by atoms with E-state index in [9.17, 15) is 8.42 Å². The van der Waals surface area contributed by atoms with Gasteiger partial charge in [-0.1, -0.05) is 0 Å². The quantitative estimate of drug-likeness (QED) is 0.643. The molecule has 0 atom stereocenters. The zero-order valence-electron chi connectivity index (χ0n) is 16.0. The molecular formula is C19H21N5O4S. The van der Waals surface area contributed by atoms with Gasteiger partial charge in [0.2, 0.25) is 10.0 Å². The molecule has 1 saturated heterocycles. The standard InChI is InChI=1S/C19H21N5O4S/c1-13-2-5-18-20-21-19(24(18)22-13)14-6-8-23(9-7-14)29(25,26)15-3-4-16-17(12-15)28-11-10-27-16/h2-5,12,14H,6-11H2,1H3. The van der Waals surface area contributed by atoms with Gasteiger partial charge < -0.3 is 9.47 Å². The minimum Gasteiger partial charge on any atom is -0.486 e. The molecule has 0 spiro atoms. The number of nitrogens with zero attached hydrogens (tertiary/aromatic N) is 5. The first kappa shape index (κ1) is 18.3. The molecule has 4 heterocycles. The number of fused-ring (bicyclic) bond motifs is 2. The van der Waals surface area contributed by atoms with Crippen molar-refractivity contribution >= 4 is 15.7 Å². The summed E-state index contributed by atoms with van der Waals surface area (Å²) in [4.78, 5) is 0.227. The first-order valence-corrected chi connectivity index (χ1v) is 11.1. The van der Waals surface area contributed by atoms with Crippen LogP contribution in [0, 0.1) is 6.92 Å². The maximum atomic E-state index is 13.1. The number of sulfonamides is 1. The Balaban J connectivity index is 1.35. The van der Waals surface area contributed by atoms with E-state index >= 15 is 0 Å². The van der Waals surface area contributed by atoms with Crippen molar-refractivity contribution in [3.63, 3.8) is 0 Å². The first-order chi connectivity index (χ1) is 14.0. The third-order valence-electron chi connectivity index (χ3n) is 5.39. The molecule has 10 heteroatoms. The van der Waals surface area contributed by atoms with Gasteiger partial charge in [0.15, 0.2) is 23.0 Å². The Bertz CT molecular complexity index is 1170. The van der Waals surface area contributed by atoms with Gasteiger partial charge in [-0.15, -0.1) is 10.2 Å². The Kier molecular flexibility index (Phi) is 4.39. The van der Waals surface area contributed by atoms with Crippen LogP contribution in [0.3, 0.4) is 0 Å². The first-order valence-electron chi connectivity index (χ1n) is 9.61. The predicted molar refractivity (Wildman–Crippen MR) is 104 cm³/mol. The van der Waals surface area contributed by atoms with Gasteiger partial charge in [-0.25, -0.2) is 8.42 Å². The van der Waals surface area contributed by atoms with Crippen LogP contribution in [0.4, 0.5) is 0 Å². The molecule has 29 heavy (non-hydrogen) atoms. The van der Waals surface area contributed by atoms with E-state index in [1.165, 1.54) is 4.31 Å². The highest BCUT2D eigenvalue weighted by Crippen LogP contribution is 2.35. The average Bonchev–Trinajstić information content (AvgIpc) is 3.16. The molecule has 1 aromatic carbocycles. The van der Waals surface area contributed by atoms with E-state index in [0.29, 0.717) is 56.3 Å². The Hall–Kier alpha value is -2.72. The maximum absolute atomic E-state index is 13.1. The van der Waals surface area contributed by atoms with Crippen LogP contribution in [0.1, 0.15) is 30.3 Å². The summed E-state index contributed by atoms with van der Waals surface area (Å²) in [5, 5.41) is 13.0. The van der Waals surface area contributed by atoms with Gasteiger partial charge >= 0.3 is 0 Å². The molecule has 152 valence electrons. The molecule has 0 N–H and O–H groups in total. The number of hydrogen-bond donors (Lipinski definition) is 0. The van der Waals surface area contributed by atoms with Crippen molar-refractivity contribution in [3.8, 4) is 11.5 Å². The smallest absolute Gasteiger partial charge is 0.243 e. The van der Waals surface area contributed by atoms with Gasteiger partial charge in [0.1, 0.15) is 13.2 Å². The lowest BCUT2D eigenvalue weighted by Gasteiger charge is -2.30. The molecule has 0 amide bonds. The summed E-state index contributed by atoms with van der Waals surface area (Å²) in [6, 6.07) is 8.57. The van der Waals surface area contributed by atoms with Gasteiger partial charge in [-0.3, -0.25) is 0 Å². The SMILES string of the molecule is Cc1ccc2nnc(C3CCN(S(=O)(=O)c4ccc5c(c4)OCCO5)CC3)n2n1. The normalized spacial score (nSPS) is 18.2. The second kappa shape index (κ2) is 6.96. The molecule has 3 aromatic rings. The lowest BCUT2D eigenvalue weighted by atomic mass is 9.97. The number of hydrogen-bond acceptors (Lipinski definition) is 7. The van der Waals surface area contributed by atoms with Crippen molar-refractivity contribution in [3.05, 3.63) is 41.9 Å². The minimum atomic E-state index is -3.60. The van der Waals surface area contributed by atoms with Crippen LogP contribution in [-0.4, -0.2) is 58.8 Å². The minimum absolute atomic E-state index is 0.117. The molecule has 5 rings (SSSR count). The lowest BCUT2D eigenvalue weighted by molar-refractivity contribution is 0.171. The molecule has 0 saturated carbocycles. The summed E-state index contributed by atoms with van der Waals surface area (Å²) in [5.41, 5.74) is 1.59. The van der Waals surface area contributed by atoms with Gasteiger partial charge in [0.05, 0.1) is 10.6 Å². The number of benzene rings is 1. The third kappa shape index (κ3) is 3.22. The Labute approximate surface area is 168 Å². The van der Waals surface area contributed by atoms with Gasteiger partial charge in [-0.2, -0.15) is 13.9 Å². The Morgan fingerprint density at radius 1 is 1.00 bits per heavy atom. The molecule has 0 radical (unpaired) electrons. The zero-order chi connectivity index (χ0) is 20.0. The molecule has 1 fully saturated rings. The van der Waals surface area contributed by atoms with Crippen LogP contribution in [0.5, 0.6) is 11.5 Å². The summed E-state index contributed by atoms with van der Waals surface area (Å²) in [7, 11) is -3.60. The summed E-state index contributed by atoms with van der Waals surface area (Å²) in [5.74, 6) is 1.96. The summed E-state index contributed by atoms with van der Waals surface area (Å²) in [6.07, 6.45) is 1.33. The van der Waals surface area contributed by atoms with Crippen LogP contribution in [0.25, 0.3) is 5.65 Å². The molecule has 2 aromatic heterocycles. The van der Waals surface area contributed by atoms with Crippen LogP contribution in [-0.2, 0) is 10.0 Å². The number of piperidine rings is 1. The molecule has 0 aliphatic carbocycles. The molecular weight excluding hydrogens is 394 g/mol. The fraction of sp³-hybridized carbons (Fsp3) is 0.421. The predicted octanol–water partition coefficient (Wildman–Crippen LogP) is 1.77. The highest BCUT2D eigenvalue weighted by atomic mass is 32.2. The van der Waals surface area contributed by atoms with Crippen molar-refractivity contribution in [2.24, 2.45) is 0 Å². The van der Waals surface area contributed by atoms with Gasteiger partial charge in [0.25, 0.3) is 0 Å². The van der Waals surface area contributed by atoms with Crippen molar-refractivity contribution in [1.29, 1.82) is 0 Å². The second-order valence-electron chi connectivity index (χ2n) is 7.29. The van der Waals surface area contributed by atoms with E-state index in [-0.39, 0.29) is 10.8 Å². The van der Waals surface area contributed by atoms with Gasteiger partial charge in [-0.05, 0) is 44.0 Å². The van der Waals surface area contributed by atoms with Crippen LogP contribution >= 0.6 is 0 Å². The number of rotatable bonds is 3. The fourth-order valence-electron chi connectivity index (χ4n) is 3.84. The van der Waals surface area contributed by atoms with Crippen molar-refractivity contribution in [2.75, 3.05) is 26.3 Å². The van der Waals surface area contributed by atoms with Gasteiger partial charge in [0, 0.05) is 25.1 Å². The summed E-state index contributed by atoms with van der Waals surface area (Å²) >= 11 is 0. The maximum Gasteiger partial charge on any atom is 0.243 e. The second-order valence-corrected chi connectivity index (χ2v) is 9.22. The average molecular weight is 415 g/mol. The van der Waals surface area contributed by atoms with E-state index < -0.39 is 10.0 Å². The molecule has 0 bridgehead atoms. The highest BCUT2D eigenvalue weighted by molar-refractivity contribution is 7.89. The molecule has 2 aliphatic rings. The van der Waals surface area contributed by atoms with E-state index in [1.54, 1.807) is 22.7 Å². The summed E-state index contributed by atoms with van der Waals surface area (Å²) in [6.45, 7) is 3.65. The lowest BCUT2D eigenvalue weighted by Crippen LogP contribution is -2.38. The Morgan fingerprint density at radius 2 is 1.76 bits per heavy atom. The largest absolute Gasteiger partial charge is 0.486 e. The van der Waals surface area contributed by atoms with E-state index in [1.807, 2.05) is 19.1 Å². The van der Waals surface area contributed by atoms with Crippen molar-refractivity contribution < 1.29 is 17.9 Å². The van der Waals surface area contributed by atoms with Crippen molar-refractivity contribution in [2.45, 2.75) is 30.6 Å².